The van der Waals surface area contributed by atoms with Crippen molar-refractivity contribution in [3.05, 3.63) is 72.2 Å². The molecule has 1 N–H and O–H groups in total. The molecule has 0 radical (unpaired) electrons. The highest BCUT2D eigenvalue weighted by molar-refractivity contribution is 6.07. The van der Waals surface area contributed by atoms with Crippen molar-refractivity contribution in [1.82, 2.24) is 20.0 Å². The van der Waals surface area contributed by atoms with E-state index in [1.165, 1.54) is 12.1 Å². The van der Waals surface area contributed by atoms with Crippen LogP contribution in [0.5, 0.6) is 0 Å². The average Bonchev–Trinajstić information content (AvgIpc) is 3.39. The number of halogens is 1. The molecule has 2 fully saturated rings. The van der Waals surface area contributed by atoms with Gasteiger partial charge >= 0.3 is 0 Å². The van der Waals surface area contributed by atoms with Crippen LogP contribution >= 0.6 is 0 Å². The Balaban J connectivity index is 1.33. The van der Waals surface area contributed by atoms with Gasteiger partial charge in [-0.3, -0.25) is 19.3 Å². The van der Waals surface area contributed by atoms with Crippen molar-refractivity contribution in [1.29, 1.82) is 0 Å². The number of amides is 3. The lowest BCUT2D eigenvalue weighted by Gasteiger charge is -2.19. The molecule has 8 heteroatoms. The molecule has 2 unspecified atom stereocenters. The Kier molecular flexibility index (Phi) is 5.96. The first-order chi connectivity index (χ1) is 16.5. The number of nitrogens with one attached hydrogen (secondary N) is 1. The van der Waals surface area contributed by atoms with Crippen LogP contribution in [0, 0.1) is 17.7 Å². The maximum atomic E-state index is 13.5. The van der Waals surface area contributed by atoms with E-state index in [2.05, 4.69) is 10.4 Å². The van der Waals surface area contributed by atoms with E-state index in [9.17, 15) is 18.8 Å². The number of rotatable bonds is 6. The predicted octanol–water partition coefficient (Wildman–Crippen LogP) is 3.47. The summed E-state index contributed by atoms with van der Waals surface area (Å²) in [5.41, 5.74) is 2.91. The van der Waals surface area contributed by atoms with Gasteiger partial charge in [0.2, 0.25) is 17.7 Å². The van der Waals surface area contributed by atoms with Crippen molar-refractivity contribution in [3.63, 3.8) is 0 Å². The molecule has 2 aromatic carbocycles. The maximum Gasteiger partial charge on any atom is 0.240 e. The summed E-state index contributed by atoms with van der Waals surface area (Å²) in [5.74, 6) is -1.76. The quantitative estimate of drug-likeness (QED) is 0.571. The molecule has 3 amide bonds. The number of aromatic nitrogens is 2. The van der Waals surface area contributed by atoms with E-state index in [0.29, 0.717) is 24.1 Å². The van der Waals surface area contributed by atoms with Crippen LogP contribution in [0.1, 0.15) is 31.2 Å². The molecule has 0 bridgehead atoms. The van der Waals surface area contributed by atoms with Gasteiger partial charge in [-0.1, -0.05) is 31.0 Å². The smallest absolute Gasteiger partial charge is 0.240 e. The third-order valence-electron chi connectivity index (χ3n) is 6.64. The Morgan fingerprint density at radius 2 is 1.62 bits per heavy atom. The van der Waals surface area contributed by atoms with Crippen LogP contribution in [-0.4, -0.2) is 38.9 Å². The van der Waals surface area contributed by atoms with Gasteiger partial charge in [0, 0.05) is 23.9 Å². The molecule has 1 aromatic heterocycles. The number of likely N-dealkylation sites (tertiary alicyclic amines) is 1. The summed E-state index contributed by atoms with van der Waals surface area (Å²) in [5, 5.41) is 7.48. The fraction of sp³-hybridized carbons (Fsp3) is 0.308. The van der Waals surface area contributed by atoms with Crippen LogP contribution < -0.4 is 5.32 Å². The minimum atomic E-state index is -0.405. The molecule has 1 saturated carbocycles. The standard InChI is InChI=1S/C26H25FN4O3/c27-19-12-10-17(11-13-19)24-18(15-31(29-24)20-6-2-1-3-7-20)14-28-23(32)16-30-25(33)21-8-4-5-9-22(21)26(30)34/h1-3,6-7,10-13,15,21-22H,4-5,8-9,14,16H2,(H,28,32). The zero-order valence-corrected chi connectivity index (χ0v) is 18.6. The normalized spacial score (nSPS) is 19.9. The summed E-state index contributed by atoms with van der Waals surface area (Å²) in [7, 11) is 0. The van der Waals surface area contributed by atoms with E-state index in [-0.39, 0.29) is 42.6 Å². The number of imide groups is 1. The SMILES string of the molecule is O=C(CN1C(=O)C2CCCCC2C1=O)NCc1cn(-c2ccccc2)nc1-c1ccc(F)cc1. The summed E-state index contributed by atoms with van der Waals surface area (Å²) >= 11 is 0. The largest absolute Gasteiger partial charge is 0.350 e. The average molecular weight is 461 g/mol. The summed E-state index contributed by atoms with van der Waals surface area (Å²) < 4.78 is 15.2. The monoisotopic (exact) mass is 460 g/mol. The van der Waals surface area contributed by atoms with Crippen molar-refractivity contribution >= 4 is 17.7 Å². The zero-order chi connectivity index (χ0) is 23.7. The Morgan fingerprint density at radius 3 is 2.26 bits per heavy atom. The molecule has 2 aliphatic rings. The van der Waals surface area contributed by atoms with Crippen LogP contribution in [0.25, 0.3) is 16.9 Å². The lowest BCUT2D eigenvalue weighted by Crippen LogP contribution is -2.40. The number of carbonyl (C=O) groups excluding carboxylic acids is 3. The lowest BCUT2D eigenvalue weighted by molar-refractivity contribution is -0.143. The molecule has 7 nitrogen and oxygen atoms in total. The van der Waals surface area contributed by atoms with E-state index in [4.69, 9.17) is 0 Å². The Hall–Kier alpha value is -3.81. The van der Waals surface area contributed by atoms with E-state index in [0.717, 1.165) is 29.0 Å². The highest BCUT2D eigenvalue weighted by Gasteiger charge is 2.48. The van der Waals surface area contributed by atoms with Gasteiger partial charge in [0.1, 0.15) is 12.4 Å². The fourth-order valence-electron chi connectivity index (χ4n) is 4.88. The highest BCUT2D eigenvalue weighted by atomic mass is 19.1. The molecular weight excluding hydrogens is 435 g/mol. The van der Waals surface area contributed by atoms with Crippen molar-refractivity contribution in [2.75, 3.05) is 6.54 Å². The number of carbonyl (C=O) groups is 3. The second-order valence-electron chi connectivity index (χ2n) is 8.83. The molecule has 1 aliphatic heterocycles. The van der Waals surface area contributed by atoms with Gasteiger partial charge in [0.05, 0.1) is 23.2 Å². The van der Waals surface area contributed by atoms with Crippen molar-refractivity contribution in [2.45, 2.75) is 32.2 Å². The molecule has 2 heterocycles. The van der Waals surface area contributed by atoms with Gasteiger partial charge in [0.25, 0.3) is 0 Å². The first-order valence-electron chi connectivity index (χ1n) is 11.5. The number of nitrogens with zero attached hydrogens (tertiary/aromatic N) is 3. The molecular formula is C26H25FN4O3. The van der Waals surface area contributed by atoms with Gasteiger partial charge in [-0.05, 0) is 49.2 Å². The van der Waals surface area contributed by atoms with Crippen LogP contribution in [0.4, 0.5) is 4.39 Å². The molecule has 174 valence electrons. The Morgan fingerprint density at radius 1 is 0.971 bits per heavy atom. The first kappa shape index (κ1) is 22.0. The number of hydrogen-bond donors (Lipinski definition) is 1. The molecule has 1 aliphatic carbocycles. The molecule has 3 aromatic rings. The number of hydrogen-bond acceptors (Lipinski definition) is 4. The molecule has 5 rings (SSSR count). The van der Waals surface area contributed by atoms with E-state index in [1.54, 1.807) is 16.8 Å². The van der Waals surface area contributed by atoms with E-state index >= 15 is 0 Å². The van der Waals surface area contributed by atoms with E-state index < -0.39 is 5.91 Å². The summed E-state index contributed by atoms with van der Waals surface area (Å²) in [6.45, 7) is -0.120. The lowest BCUT2D eigenvalue weighted by atomic mass is 9.81. The van der Waals surface area contributed by atoms with Crippen molar-refractivity contribution in [3.8, 4) is 16.9 Å². The third-order valence-corrected chi connectivity index (χ3v) is 6.64. The fourth-order valence-corrected chi connectivity index (χ4v) is 4.88. The molecule has 1 saturated heterocycles. The molecule has 2 atom stereocenters. The second-order valence-corrected chi connectivity index (χ2v) is 8.83. The first-order valence-corrected chi connectivity index (χ1v) is 11.5. The maximum absolute atomic E-state index is 13.5. The summed E-state index contributed by atoms with van der Waals surface area (Å²) in [6.07, 6.45) is 5.13. The van der Waals surface area contributed by atoms with Gasteiger partial charge < -0.3 is 5.32 Å². The van der Waals surface area contributed by atoms with Gasteiger partial charge in [-0.25, -0.2) is 9.07 Å². The second kappa shape index (κ2) is 9.21. The van der Waals surface area contributed by atoms with Crippen LogP contribution in [0.3, 0.4) is 0 Å². The predicted molar refractivity (Wildman–Crippen MR) is 123 cm³/mol. The van der Waals surface area contributed by atoms with Crippen molar-refractivity contribution in [2.24, 2.45) is 11.8 Å². The minimum absolute atomic E-state index is 0.154. The molecule has 0 spiro atoms. The summed E-state index contributed by atoms with van der Waals surface area (Å²) in [6, 6.07) is 15.5. The van der Waals surface area contributed by atoms with Gasteiger partial charge in [-0.2, -0.15) is 5.10 Å². The number of fused-ring (bicyclic) bond motifs is 1. The van der Waals surface area contributed by atoms with Crippen LogP contribution in [0.15, 0.2) is 60.8 Å². The minimum Gasteiger partial charge on any atom is -0.350 e. The zero-order valence-electron chi connectivity index (χ0n) is 18.6. The Bertz CT molecular complexity index is 1200. The highest BCUT2D eigenvalue weighted by Crippen LogP contribution is 2.37. The third kappa shape index (κ3) is 4.23. The topological polar surface area (TPSA) is 84.3 Å². The van der Waals surface area contributed by atoms with Gasteiger partial charge in [0.15, 0.2) is 0 Å². The summed E-state index contributed by atoms with van der Waals surface area (Å²) in [4.78, 5) is 39.2. The number of para-hydroxylation sites is 1. The Labute approximate surface area is 196 Å². The van der Waals surface area contributed by atoms with E-state index in [1.807, 2.05) is 36.5 Å². The van der Waals surface area contributed by atoms with Crippen LogP contribution in [-0.2, 0) is 20.9 Å². The van der Waals surface area contributed by atoms with Crippen LogP contribution in [0.2, 0.25) is 0 Å². The molecule has 34 heavy (non-hydrogen) atoms. The van der Waals surface area contributed by atoms with Crippen molar-refractivity contribution < 1.29 is 18.8 Å². The number of benzene rings is 2. The van der Waals surface area contributed by atoms with Gasteiger partial charge in [-0.15, -0.1) is 0 Å².